The van der Waals surface area contributed by atoms with Crippen molar-refractivity contribution in [2.24, 2.45) is 4.99 Å². The number of nitro groups is 1. The predicted molar refractivity (Wildman–Crippen MR) is 136 cm³/mol. The molecule has 2 N–H and O–H groups in total. The molecule has 168 valence electrons. The lowest BCUT2D eigenvalue weighted by Crippen LogP contribution is -2.48. The lowest BCUT2D eigenvalue weighted by atomic mass is 10.0. The number of hydrogen-bond donors (Lipinski definition) is 2. The molecule has 1 aliphatic heterocycles. The smallest absolute Gasteiger partial charge is 0.269 e. The third-order valence-electron chi connectivity index (χ3n) is 5.29. The molecule has 3 rings (SSSR count). The van der Waals surface area contributed by atoms with Gasteiger partial charge in [0, 0.05) is 44.4 Å². The Labute approximate surface area is 201 Å². The molecule has 0 saturated carbocycles. The van der Waals surface area contributed by atoms with Gasteiger partial charge in [-0.05, 0) is 30.4 Å². The van der Waals surface area contributed by atoms with Gasteiger partial charge in [-0.25, -0.2) is 4.99 Å². The first-order chi connectivity index (χ1) is 14.6. The summed E-state index contributed by atoms with van der Waals surface area (Å²) in [6, 6.07) is 17.6. The van der Waals surface area contributed by atoms with Crippen molar-refractivity contribution in [3.63, 3.8) is 0 Å². The van der Waals surface area contributed by atoms with E-state index in [0.717, 1.165) is 57.0 Å². The zero-order valence-electron chi connectivity index (χ0n) is 18.0. The molecule has 0 radical (unpaired) electrons. The van der Waals surface area contributed by atoms with Crippen LogP contribution >= 0.6 is 24.0 Å². The molecule has 0 amide bonds. The largest absolute Gasteiger partial charge is 0.356 e. The number of aliphatic imine (C=N–C) groups is 1. The molecule has 0 spiro atoms. The highest BCUT2D eigenvalue weighted by molar-refractivity contribution is 14.0. The Kier molecular flexibility index (Phi) is 10.7. The standard InChI is InChI=1S/C23H31N5O2.HI/c1-2-14-24-23(25-17-19-8-10-22(11-9-19)28(29)30)26-21-12-15-27(16-13-21)18-20-6-4-3-5-7-20;/h3-11,21H,2,12-18H2,1H3,(H2,24,25,26);1H. The van der Waals surface area contributed by atoms with Crippen LogP contribution < -0.4 is 10.6 Å². The third-order valence-corrected chi connectivity index (χ3v) is 5.29. The number of nitro benzene ring substituents is 1. The molecule has 1 saturated heterocycles. The Morgan fingerprint density at radius 2 is 1.77 bits per heavy atom. The molecule has 31 heavy (non-hydrogen) atoms. The summed E-state index contributed by atoms with van der Waals surface area (Å²) in [5, 5.41) is 17.8. The van der Waals surface area contributed by atoms with Crippen LogP contribution in [0.25, 0.3) is 0 Å². The van der Waals surface area contributed by atoms with Gasteiger partial charge in [0.1, 0.15) is 0 Å². The van der Waals surface area contributed by atoms with E-state index < -0.39 is 0 Å². The first-order valence-corrected chi connectivity index (χ1v) is 10.7. The van der Waals surface area contributed by atoms with Crippen LogP contribution in [0.3, 0.4) is 0 Å². The van der Waals surface area contributed by atoms with Crippen LogP contribution in [0.2, 0.25) is 0 Å². The number of non-ortho nitro benzene ring substituents is 1. The fourth-order valence-electron chi connectivity index (χ4n) is 3.56. The molecule has 1 aliphatic rings. The summed E-state index contributed by atoms with van der Waals surface area (Å²) in [7, 11) is 0. The fraction of sp³-hybridized carbons (Fsp3) is 0.435. The van der Waals surface area contributed by atoms with Crippen molar-refractivity contribution in [1.82, 2.24) is 15.5 Å². The zero-order valence-corrected chi connectivity index (χ0v) is 20.3. The molecule has 0 aliphatic carbocycles. The fourth-order valence-corrected chi connectivity index (χ4v) is 3.56. The number of halogens is 1. The highest BCUT2D eigenvalue weighted by Gasteiger charge is 2.20. The van der Waals surface area contributed by atoms with Crippen LogP contribution in [0.15, 0.2) is 59.6 Å². The first kappa shape index (κ1) is 25.1. The van der Waals surface area contributed by atoms with E-state index >= 15 is 0 Å². The molecule has 8 heteroatoms. The third kappa shape index (κ3) is 8.45. The molecule has 0 unspecified atom stereocenters. The summed E-state index contributed by atoms with van der Waals surface area (Å²) >= 11 is 0. The average Bonchev–Trinajstić information content (AvgIpc) is 2.78. The van der Waals surface area contributed by atoms with Gasteiger partial charge in [-0.1, -0.05) is 49.4 Å². The molecule has 0 atom stereocenters. The second kappa shape index (κ2) is 13.3. The summed E-state index contributed by atoms with van der Waals surface area (Å²) in [4.78, 5) is 17.6. The molecule has 0 aromatic heterocycles. The summed E-state index contributed by atoms with van der Waals surface area (Å²) in [6.07, 6.45) is 3.18. The van der Waals surface area contributed by atoms with Gasteiger partial charge in [0.15, 0.2) is 5.96 Å². The monoisotopic (exact) mass is 537 g/mol. The van der Waals surface area contributed by atoms with Gasteiger partial charge in [0.05, 0.1) is 11.5 Å². The molecule has 7 nitrogen and oxygen atoms in total. The molecular formula is C23H32IN5O2. The number of rotatable bonds is 8. The molecule has 2 aromatic rings. The van der Waals surface area contributed by atoms with Gasteiger partial charge in [0.2, 0.25) is 0 Å². The lowest BCUT2D eigenvalue weighted by Gasteiger charge is -2.33. The number of likely N-dealkylation sites (tertiary alicyclic amines) is 1. The van der Waals surface area contributed by atoms with Crippen molar-refractivity contribution >= 4 is 35.6 Å². The average molecular weight is 537 g/mol. The van der Waals surface area contributed by atoms with Gasteiger partial charge in [-0.3, -0.25) is 15.0 Å². The van der Waals surface area contributed by atoms with Crippen molar-refractivity contribution in [3.8, 4) is 0 Å². The zero-order chi connectivity index (χ0) is 21.2. The topological polar surface area (TPSA) is 82.8 Å². The van der Waals surface area contributed by atoms with Gasteiger partial charge < -0.3 is 10.6 Å². The molecule has 1 heterocycles. The molecule has 2 aromatic carbocycles. The van der Waals surface area contributed by atoms with E-state index in [1.165, 1.54) is 17.7 Å². The van der Waals surface area contributed by atoms with E-state index in [1.807, 2.05) is 0 Å². The minimum absolute atomic E-state index is 0. The maximum atomic E-state index is 10.8. The van der Waals surface area contributed by atoms with Crippen molar-refractivity contribution < 1.29 is 4.92 Å². The van der Waals surface area contributed by atoms with Crippen molar-refractivity contribution in [1.29, 1.82) is 0 Å². The minimum Gasteiger partial charge on any atom is -0.356 e. The number of hydrogen-bond acceptors (Lipinski definition) is 4. The predicted octanol–water partition coefficient (Wildman–Crippen LogP) is 4.32. The van der Waals surface area contributed by atoms with Crippen molar-refractivity contribution in [2.75, 3.05) is 19.6 Å². The number of nitrogens with zero attached hydrogens (tertiary/aromatic N) is 3. The first-order valence-electron chi connectivity index (χ1n) is 10.7. The maximum absolute atomic E-state index is 10.8. The highest BCUT2D eigenvalue weighted by Crippen LogP contribution is 2.15. The van der Waals surface area contributed by atoms with Crippen LogP contribution in [-0.2, 0) is 13.1 Å². The number of guanidine groups is 1. The van der Waals surface area contributed by atoms with Crippen LogP contribution in [0, 0.1) is 10.1 Å². The maximum Gasteiger partial charge on any atom is 0.269 e. The van der Waals surface area contributed by atoms with Crippen LogP contribution in [0.4, 0.5) is 5.69 Å². The van der Waals surface area contributed by atoms with Crippen molar-refractivity contribution in [3.05, 3.63) is 75.8 Å². The second-order valence-electron chi connectivity index (χ2n) is 7.70. The minimum atomic E-state index is -0.382. The van der Waals surface area contributed by atoms with Crippen LogP contribution in [0.5, 0.6) is 0 Å². The van der Waals surface area contributed by atoms with E-state index in [0.29, 0.717) is 12.6 Å². The Balaban J connectivity index is 0.00000341. The van der Waals surface area contributed by atoms with E-state index in [-0.39, 0.29) is 34.6 Å². The van der Waals surface area contributed by atoms with Gasteiger partial charge in [-0.2, -0.15) is 0 Å². The Morgan fingerprint density at radius 1 is 1.10 bits per heavy atom. The van der Waals surface area contributed by atoms with Gasteiger partial charge >= 0.3 is 0 Å². The highest BCUT2D eigenvalue weighted by atomic mass is 127. The number of benzene rings is 2. The lowest BCUT2D eigenvalue weighted by molar-refractivity contribution is -0.384. The van der Waals surface area contributed by atoms with Crippen molar-refractivity contribution in [2.45, 2.75) is 45.3 Å². The molecule has 0 bridgehead atoms. The summed E-state index contributed by atoms with van der Waals surface area (Å²) in [5.41, 5.74) is 2.42. The SMILES string of the molecule is CCCNC(=NCc1ccc([N+](=O)[O-])cc1)NC1CCN(Cc2ccccc2)CC1.I. The summed E-state index contributed by atoms with van der Waals surface area (Å²) in [6.45, 7) is 6.61. The quantitative estimate of drug-likeness (QED) is 0.172. The normalized spacial score (nSPS) is 15.2. The van der Waals surface area contributed by atoms with Gasteiger partial charge in [-0.15, -0.1) is 24.0 Å². The summed E-state index contributed by atoms with van der Waals surface area (Å²) < 4.78 is 0. The molecule has 1 fully saturated rings. The molecular weight excluding hydrogens is 505 g/mol. The van der Waals surface area contributed by atoms with E-state index in [1.54, 1.807) is 12.1 Å². The number of nitrogens with one attached hydrogen (secondary N) is 2. The Bertz CT molecular complexity index is 822. The van der Waals surface area contributed by atoms with E-state index in [4.69, 9.17) is 4.99 Å². The van der Waals surface area contributed by atoms with Gasteiger partial charge in [0.25, 0.3) is 5.69 Å². The second-order valence-corrected chi connectivity index (χ2v) is 7.70. The van der Waals surface area contributed by atoms with E-state index in [9.17, 15) is 10.1 Å². The van der Waals surface area contributed by atoms with Crippen LogP contribution in [0.1, 0.15) is 37.3 Å². The summed E-state index contributed by atoms with van der Waals surface area (Å²) in [5.74, 6) is 0.816. The van der Waals surface area contributed by atoms with Crippen LogP contribution in [-0.4, -0.2) is 41.5 Å². The number of piperidine rings is 1. The Hall–Kier alpha value is -2.20. The van der Waals surface area contributed by atoms with E-state index in [2.05, 4.69) is 52.8 Å². The Morgan fingerprint density at radius 3 is 2.39 bits per heavy atom.